The number of fused-ring (bicyclic) bond motifs is 3. The molecule has 2 aromatic carbocycles. The standard InChI is InChI=1S/C24H26N4O2S/c1-14(2)20-23(30)28-21(27-20)18-7-5-6-8-19(18)26-24(28)31-16(4)22(29)25-13-17-11-9-15(3)10-12-17/h5-12,14,16,20H,13H2,1-4H3,(H,25,29)/t16-,20-/m0/s1. The molecule has 0 saturated carbocycles. The Morgan fingerprint density at radius 1 is 1.13 bits per heavy atom. The number of hydrogen-bond acceptors (Lipinski definition) is 5. The Bertz CT molecular complexity index is 1080. The van der Waals surface area contributed by atoms with Gasteiger partial charge in [0, 0.05) is 12.1 Å². The quantitative estimate of drug-likeness (QED) is 0.772. The molecule has 160 valence electrons. The van der Waals surface area contributed by atoms with Crippen LogP contribution in [0.1, 0.15) is 37.5 Å². The number of nitrogens with zero attached hydrogens (tertiary/aromatic N) is 3. The fourth-order valence-corrected chi connectivity index (χ4v) is 4.47. The SMILES string of the molecule is Cc1ccc(CNC(=O)[C@H](C)SC2=Nc3ccccc3C3=N[C@@H](C(C)C)C(=O)N23)cc1. The molecule has 0 aromatic heterocycles. The molecule has 0 saturated heterocycles. The van der Waals surface area contributed by atoms with Crippen LogP contribution in [0.25, 0.3) is 0 Å². The number of nitrogens with one attached hydrogen (secondary N) is 1. The zero-order chi connectivity index (χ0) is 22.1. The summed E-state index contributed by atoms with van der Waals surface area (Å²) >= 11 is 1.29. The van der Waals surface area contributed by atoms with E-state index in [0.29, 0.717) is 17.5 Å². The monoisotopic (exact) mass is 434 g/mol. The maximum Gasteiger partial charge on any atom is 0.259 e. The minimum atomic E-state index is -0.433. The zero-order valence-electron chi connectivity index (χ0n) is 18.1. The molecule has 2 aromatic rings. The van der Waals surface area contributed by atoms with Crippen molar-refractivity contribution in [1.29, 1.82) is 0 Å². The predicted octanol–water partition coefficient (Wildman–Crippen LogP) is 4.05. The van der Waals surface area contributed by atoms with E-state index in [1.807, 2.05) is 76.2 Å². The van der Waals surface area contributed by atoms with Crippen LogP contribution in [0.15, 0.2) is 58.5 Å². The minimum absolute atomic E-state index is 0.0826. The third kappa shape index (κ3) is 4.28. The van der Waals surface area contributed by atoms with E-state index in [4.69, 9.17) is 9.98 Å². The largest absolute Gasteiger partial charge is 0.351 e. The molecular weight excluding hydrogens is 408 g/mol. The maximum absolute atomic E-state index is 13.1. The molecule has 4 rings (SSSR count). The summed E-state index contributed by atoms with van der Waals surface area (Å²) in [6, 6.07) is 15.3. The van der Waals surface area contributed by atoms with Gasteiger partial charge in [0.15, 0.2) is 5.17 Å². The number of amides is 2. The van der Waals surface area contributed by atoms with Crippen LogP contribution in [0, 0.1) is 12.8 Å². The average molecular weight is 435 g/mol. The Kier molecular flexibility index (Phi) is 5.96. The molecule has 2 aliphatic rings. The number of amidine groups is 2. The number of rotatable bonds is 5. The van der Waals surface area contributed by atoms with Crippen molar-refractivity contribution in [3.05, 3.63) is 65.2 Å². The van der Waals surface area contributed by atoms with E-state index in [-0.39, 0.29) is 17.7 Å². The van der Waals surface area contributed by atoms with Crippen LogP contribution in [-0.2, 0) is 16.1 Å². The highest BCUT2D eigenvalue weighted by Gasteiger charge is 2.43. The Morgan fingerprint density at radius 2 is 1.84 bits per heavy atom. The predicted molar refractivity (Wildman–Crippen MR) is 126 cm³/mol. The normalized spacial score (nSPS) is 18.3. The van der Waals surface area contributed by atoms with Gasteiger partial charge >= 0.3 is 0 Å². The second-order valence-corrected chi connectivity index (χ2v) is 9.50. The van der Waals surface area contributed by atoms with E-state index in [0.717, 1.165) is 16.8 Å². The van der Waals surface area contributed by atoms with Crippen molar-refractivity contribution in [1.82, 2.24) is 10.2 Å². The Labute approximate surface area is 186 Å². The molecule has 31 heavy (non-hydrogen) atoms. The van der Waals surface area contributed by atoms with Gasteiger partial charge in [-0.15, -0.1) is 0 Å². The summed E-state index contributed by atoms with van der Waals surface area (Å²) < 4.78 is 0. The van der Waals surface area contributed by atoms with Crippen molar-refractivity contribution in [3.8, 4) is 0 Å². The van der Waals surface area contributed by atoms with E-state index >= 15 is 0 Å². The van der Waals surface area contributed by atoms with Gasteiger partial charge in [0.05, 0.1) is 10.9 Å². The van der Waals surface area contributed by atoms with E-state index in [1.165, 1.54) is 17.3 Å². The van der Waals surface area contributed by atoms with Gasteiger partial charge in [-0.25, -0.2) is 9.89 Å². The molecule has 6 nitrogen and oxygen atoms in total. The number of hydrogen-bond donors (Lipinski definition) is 1. The van der Waals surface area contributed by atoms with E-state index < -0.39 is 11.3 Å². The lowest BCUT2D eigenvalue weighted by molar-refractivity contribution is -0.125. The van der Waals surface area contributed by atoms with E-state index in [2.05, 4.69) is 5.32 Å². The third-order valence-corrected chi connectivity index (χ3v) is 6.42. The van der Waals surface area contributed by atoms with Crippen LogP contribution < -0.4 is 5.32 Å². The van der Waals surface area contributed by atoms with Crippen LogP contribution >= 0.6 is 11.8 Å². The zero-order valence-corrected chi connectivity index (χ0v) is 18.9. The molecular formula is C24H26N4O2S. The van der Waals surface area contributed by atoms with Crippen molar-refractivity contribution in [3.63, 3.8) is 0 Å². The van der Waals surface area contributed by atoms with Crippen LogP contribution in [0.4, 0.5) is 5.69 Å². The number of aryl methyl sites for hydroxylation is 1. The molecule has 1 N–H and O–H groups in total. The number of carbonyl (C=O) groups is 2. The fraction of sp³-hybridized carbons (Fsp3) is 0.333. The van der Waals surface area contributed by atoms with Gasteiger partial charge in [-0.05, 0) is 37.5 Å². The minimum Gasteiger partial charge on any atom is -0.351 e. The lowest BCUT2D eigenvalue weighted by atomic mass is 10.1. The second-order valence-electron chi connectivity index (χ2n) is 8.19. The summed E-state index contributed by atoms with van der Waals surface area (Å²) in [7, 11) is 0. The van der Waals surface area contributed by atoms with Crippen molar-refractivity contribution >= 4 is 40.3 Å². The summed E-state index contributed by atoms with van der Waals surface area (Å²) in [4.78, 5) is 36.8. The molecule has 7 heteroatoms. The smallest absolute Gasteiger partial charge is 0.259 e. The van der Waals surface area contributed by atoms with E-state index in [9.17, 15) is 9.59 Å². The van der Waals surface area contributed by atoms with Crippen molar-refractivity contribution in [2.75, 3.05) is 0 Å². The number of aliphatic imine (C=N–C) groups is 2. The highest BCUT2D eigenvalue weighted by molar-refractivity contribution is 8.15. The average Bonchev–Trinajstić information content (AvgIpc) is 3.11. The number of thioether (sulfide) groups is 1. The highest BCUT2D eigenvalue weighted by Crippen LogP contribution is 2.35. The van der Waals surface area contributed by atoms with Gasteiger partial charge < -0.3 is 5.32 Å². The molecule has 0 unspecified atom stereocenters. The fourth-order valence-electron chi connectivity index (χ4n) is 3.53. The van der Waals surface area contributed by atoms with Gasteiger partial charge in [0.1, 0.15) is 11.9 Å². The van der Waals surface area contributed by atoms with Crippen molar-refractivity contribution in [2.24, 2.45) is 15.9 Å². The summed E-state index contributed by atoms with van der Waals surface area (Å²) in [5.41, 5.74) is 3.84. The first-order valence-electron chi connectivity index (χ1n) is 10.4. The molecule has 2 amide bonds. The summed E-state index contributed by atoms with van der Waals surface area (Å²) in [5, 5.41) is 3.06. The Balaban J connectivity index is 1.52. The highest BCUT2D eigenvalue weighted by atomic mass is 32.2. The van der Waals surface area contributed by atoms with Gasteiger partial charge in [0.2, 0.25) is 5.91 Å². The molecule has 2 heterocycles. The molecule has 0 bridgehead atoms. The molecule has 0 spiro atoms. The van der Waals surface area contributed by atoms with Crippen LogP contribution in [-0.4, -0.2) is 39.0 Å². The lowest BCUT2D eigenvalue weighted by Crippen LogP contribution is -2.43. The first kappa shape index (κ1) is 21.3. The molecule has 2 atom stereocenters. The van der Waals surface area contributed by atoms with Gasteiger partial charge in [0.25, 0.3) is 5.91 Å². The molecule has 0 radical (unpaired) electrons. The third-order valence-electron chi connectivity index (χ3n) is 5.37. The van der Waals surface area contributed by atoms with Gasteiger partial charge in [-0.2, -0.15) is 0 Å². The first-order valence-corrected chi connectivity index (χ1v) is 11.3. The number of carbonyl (C=O) groups excluding carboxylic acids is 2. The van der Waals surface area contributed by atoms with Crippen LogP contribution in [0.3, 0.4) is 0 Å². The first-order chi connectivity index (χ1) is 14.8. The Morgan fingerprint density at radius 3 is 2.55 bits per heavy atom. The van der Waals surface area contributed by atoms with Gasteiger partial charge in [-0.1, -0.05) is 67.6 Å². The summed E-state index contributed by atoms with van der Waals surface area (Å²) in [6.45, 7) is 8.30. The lowest BCUT2D eigenvalue weighted by Gasteiger charge is -2.27. The summed E-state index contributed by atoms with van der Waals surface area (Å²) in [6.07, 6.45) is 0. The van der Waals surface area contributed by atoms with Crippen molar-refractivity contribution in [2.45, 2.75) is 45.5 Å². The van der Waals surface area contributed by atoms with Gasteiger partial charge in [-0.3, -0.25) is 14.6 Å². The number of benzene rings is 2. The second kappa shape index (κ2) is 8.67. The topological polar surface area (TPSA) is 74.1 Å². The molecule has 0 fully saturated rings. The summed E-state index contributed by atoms with van der Waals surface area (Å²) in [5.74, 6) is 0.527. The molecule has 2 aliphatic heterocycles. The molecule has 0 aliphatic carbocycles. The van der Waals surface area contributed by atoms with E-state index in [1.54, 1.807) is 4.90 Å². The number of para-hydroxylation sites is 1. The maximum atomic E-state index is 13.1. The van der Waals surface area contributed by atoms with Crippen LogP contribution in [0.2, 0.25) is 0 Å². The Hall–Kier alpha value is -2.93. The van der Waals surface area contributed by atoms with Crippen LogP contribution in [0.5, 0.6) is 0 Å². The van der Waals surface area contributed by atoms with Crippen molar-refractivity contribution < 1.29 is 9.59 Å².